The van der Waals surface area contributed by atoms with Crippen molar-refractivity contribution in [3.8, 4) is 33.9 Å². The summed E-state index contributed by atoms with van der Waals surface area (Å²) < 4.78 is 36.6. The Bertz CT molecular complexity index is 1430. The number of hydrogen-bond acceptors (Lipinski definition) is 7. The highest BCUT2D eigenvalue weighted by molar-refractivity contribution is 6.32. The molecule has 1 aliphatic rings. The van der Waals surface area contributed by atoms with Crippen molar-refractivity contribution in [2.45, 2.75) is 52.1 Å². The van der Waals surface area contributed by atoms with Gasteiger partial charge in [-0.05, 0) is 87.8 Å². The molecule has 0 spiro atoms. The number of carbonyl (C=O) groups is 2. The number of hydroxylamine groups is 1. The van der Waals surface area contributed by atoms with Crippen LogP contribution in [-0.2, 0) is 9.63 Å². The monoisotopic (exact) mass is 615 g/mol. The van der Waals surface area contributed by atoms with Crippen LogP contribution in [0.4, 0.5) is 8.78 Å². The number of aromatic nitrogens is 1. The third kappa shape index (κ3) is 8.87. The van der Waals surface area contributed by atoms with Gasteiger partial charge in [0.15, 0.2) is 0 Å². The molecule has 4 rings (SSSR count). The Morgan fingerprint density at radius 3 is 2.53 bits per heavy atom. The molecule has 230 valence electrons. The van der Waals surface area contributed by atoms with E-state index in [9.17, 15) is 18.4 Å². The van der Waals surface area contributed by atoms with Crippen LogP contribution in [0.25, 0.3) is 22.4 Å². The van der Waals surface area contributed by atoms with E-state index in [0.717, 1.165) is 50.6 Å². The van der Waals surface area contributed by atoms with Crippen LogP contribution in [0.15, 0.2) is 48.5 Å². The number of pyridine rings is 1. The van der Waals surface area contributed by atoms with E-state index in [4.69, 9.17) is 21.2 Å². The van der Waals surface area contributed by atoms with Crippen LogP contribution in [0.1, 0.15) is 54.6 Å². The van der Waals surface area contributed by atoms with Gasteiger partial charge in [0, 0.05) is 17.7 Å². The minimum absolute atomic E-state index is 0.00349. The van der Waals surface area contributed by atoms with Gasteiger partial charge in [-0.1, -0.05) is 43.0 Å². The summed E-state index contributed by atoms with van der Waals surface area (Å²) in [6, 6.07) is 12.9. The van der Waals surface area contributed by atoms with Gasteiger partial charge in [0.25, 0.3) is 0 Å². The number of halogens is 3. The van der Waals surface area contributed by atoms with Crippen LogP contribution < -0.4 is 15.0 Å². The van der Waals surface area contributed by atoms with E-state index in [2.05, 4.69) is 20.1 Å². The second-order valence-corrected chi connectivity index (χ2v) is 11.2. The third-order valence-electron chi connectivity index (χ3n) is 7.25. The molecule has 1 aromatic heterocycles. The summed E-state index contributed by atoms with van der Waals surface area (Å²) in [5, 5.41) is 0.405. The second kappa shape index (κ2) is 15.1. The van der Waals surface area contributed by atoms with Crippen molar-refractivity contribution in [2.75, 3.05) is 27.2 Å². The van der Waals surface area contributed by atoms with Crippen molar-refractivity contribution < 1.29 is 32.7 Å². The van der Waals surface area contributed by atoms with E-state index in [1.807, 2.05) is 21.0 Å². The molecule has 8 nitrogen and oxygen atoms in total. The van der Waals surface area contributed by atoms with Crippen molar-refractivity contribution in [2.24, 2.45) is 5.92 Å². The number of benzene rings is 2. The molecule has 1 amide bonds. The van der Waals surface area contributed by atoms with Gasteiger partial charge in [0.2, 0.25) is 0 Å². The standard InChI is InChI=1S/C32H36ClF2N3O5/c1-20-10-12-23(42-32(34)35)19-25(20)24-13-15-27(30(39)37-43-31(40)21-8-5-4-6-9-21)36-29(24)22-11-14-26(33)28(18-22)41-17-7-16-38(2)3/h10-15,18-19,21,32H,4-9,16-17H2,1-3H3,(H,37,39). The maximum atomic E-state index is 13.1. The van der Waals surface area contributed by atoms with Crippen LogP contribution in [-0.4, -0.2) is 55.6 Å². The molecule has 1 fully saturated rings. The number of rotatable bonds is 11. The Hall–Kier alpha value is -3.76. The SMILES string of the molecule is Cc1ccc(OC(F)F)cc1-c1ccc(C(=O)NOC(=O)C2CCCCC2)nc1-c1ccc(Cl)c(OCCCN(C)C)c1. The van der Waals surface area contributed by atoms with E-state index < -0.39 is 18.5 Å². The largest absolute Gasteiger partial charge is 0.492 e. The first-order valence-electron chi connectivity index (χ1n) is 14.3. The average Bonchev–Trinajstić information content (AvgIpc) is 2.99. The molecule has 1 saturated carbocycles. The predicted molar refractivity (Wildman–Crippen MR) is 160 cm³/mol. The summed E-state index contributed by atoms with van der Waals surface area (Å²) in [6.07, 6.45) is 5.23. The topological polar surface area (TPSA) is 90.0 Å². The number of hydrogen-bond donors (Lipinski definition) is 1. The maximum absolute atomic E-state index is 13.1. The fourth-order valence-corrected chi connectivity index (χ4v) is 5.16. The quantitative estimate of drug-likeness (QED) is 0.182. The van der Waals surface area contributed by atoms with Gasteiger partial charge in [-0.15, -0.1) is 0 Å². The first kappa shape index (κ1) is 32.2. The number of nitrogens with zero attached hydrogens (tertiary/aromatic N) is 2. The minimum atomic E-state index is -2.99. The Labute approximate surface area is 255 Å². The molecular formula is C32H36ClF2N3O5. The third-order valence-corrected chi connectivity index (χ3v) is 7.56. The van der Waals surface area contributed by atoms with Crippen LogP contribution in [0, 0.1) is 12.8 Å². The number of amides is 1. The first-order chi connectivity index (χ1) is 20.6. The zero-order chi connectivity index (χ0) is 30.9. The average molecular weight is 616 g/mol. The van der Waals surface area contributed by atoms with E-state index in [1.165, 1.54) is 18.2 Å². The fraction of sp³-hybridized carbons (Fsp3) is 0.406. The number of carbonyl (C=O) groups excluding carboxylic acids is 2. The molecule has 0 aliphatic heterocycles. The molecule has 0 radical (unpaired) electrons. The molecule has 1 N–H and O–H groups in total. The smallest absolute Gasteiger partial charge is 0.387 e. The molecule has 2 aromatic carbocycles. The molecule has 0 bridgehead atoms. The summed E-state index contributed by atoms with van der Waals surface area (Å²) in [4.78, 5) is 37.3. The molecule has 0 unspecified atom stereocenters. The fourth-order valence-electron chi connectivity index (χ4n) is 4.99. The van der Waals surface area contributed by atoms with Gasteiger partial charge in [0.1, 0.15) is 17.2 Å². The molecule has 1 aliphatic carbocycles. The lowest BCUT2D eigenvalue weighted by Crippen LogP contribution is -2.31. The van der Waals surface area contributed by atoms with Crippen molar-refractivity contribution in [1.29, 1.82) is 0 Å². The van der Waals surface area contributed by atoms with E-state index in [1.54, 1.807) is 30.3 Å². The zero-order valence-electron chi connectivity index (χ0n) is 24.5. The Morgan fingerprint density at radius 1 is 1.05 bits per heavy atom. The van der Waals surface area contributed by atoms with Crippen molar-refractivity contribution in [3.05, 3.63) is 64.8 Å². The Balaban J connectivity index is 1.68. The molecule has 1 heterocycles. The lowest BCUT2D eigenvalue weighted by molar-refractivity contribution is -0.155. The van der Waals surface area contributed by atoms with Crippen LogP contribution in [0.2, 0.25) is 5.02 Å². The zero-order valence-corrected chi connectivity index (χ0v) is 25.3. The van der Waals surface area contributed by atoms with E-state index in [0.29, 0.717) is 39.8 Å². The predicted octanol–water partition coefficient (Wildman–Crippen LogP) is 7.08. The van der Waals surface area contributed by atoms with Crippen LogP contribution in [0.3, 0.4) is 0 Å². The van der Waals surface area contributed by atoms with Crippen molar-refractivity contribution in [1.82, 2.24) is 15.4 Å². The molecular weight excluding hydrogens is 580 g/mol. The van der Waals surface area contributed by atoms with Crippen LogP contribution in [0.5, 0.6) is 11.5 Å². The normalized spacial score (nSPS) is 13.7. The highest BCUT2D eigenvalue weighted by Crippen LogP contribution is 2.38. The number of aryl methyl sites for hydroxylation is 1. The highest BCUT2D eigenvalue weighted by atomic mass is 35.5. The molecule has 11 heteroatoms. The summed E-state index contributed by atoms with van der Waals surface area (Å²) in [6.45, 7) is 0.112. The number of ether oxygens (including phenoxy) is 2. The van der Waals surface area contributed by atoms with Crippen molar-refractivity contribution in [3.63, 3.8) is 0 Å². The van der Waals surface area contributed by atoms with Gasteiger partial charge >= 0.3 is 18.5 Å². The summed E-state index contributed by atoms with van der Waals surface area (Å²) in [5.41, 5.74) is 5.11. The van der Waals surface area contributed by atoms with Crippen molar-refractivity contribution >= 4 is 23.5 Å². The van der Waals surface area contributed by atoms with E-state index >= 15 is 0 Å². The van der Waals surface area contributed by atoms with Gasteiger partial charge in [0.05, 0.1) is 23.2 Å². The highest BCUT2D eigenvalue weighted by Gasteiger charge is 2.24. The number of nitrogens with one attached hydrogen (secondary N) is 1. The lowest BCUT2D eigenvalue weighted by atomic mass is 9.89. The molecule has 0 saturated heterocycles. The Kier molecular flexibility index (Phi) is 11.3. The van der Waals surface area contributed by atoms with Gasteiger partial charge in [-0.25, -0.2) is 9.78 Å². The molecule has 3 aromatic rings. The summed E-state index contributed by atoms with van der Waals surface area (Å²) in [7, 11) is 3.95. The minimum Gasteiger partial charge on any atom is -0.492 e. The second-order valence-electron chi connectivity index (χ2n) is 10.8. The van der Waals surface area contributed by atoms with Gasteiger partial charge < -0.3 is 19.2 Å². The summed E-state index contributed by atoms with van der Waals surface area (Å²) in [5.74, 6) is -0.981. The first-order valence-corrected chi connectivity index (χ1v) is 14.7. The van der Waals surface area contributed by atoms with E-state index in [-0.39, 0.29) is 17.4 Å². The lowest BCUT2D eigenvalue weighted by Gasteiger charge is -2.19. The number of alkyl halides is 2. The molecule has 0 atom stereocenters. The molecule has 43 heavy (non-hydrogen) atoms. The summed E-state index contributed by atoms with van der Waals surface area (Å²) >= 11 is 6.44. The maximum Gasteiger partial charge on any atom is 0.387 e. The van der Waals surface area contributed by atoms with Crippen LogP contribution >= 0.6 is 11.6 Å². The van der Waals surface area contributed by atoms with Gasteiger partial charge in [-0.2, -0.15) is 14.3 Å². The van der Waals surface area contributed by atoms with Gasteiger partial charge in [-0.3, -0.25) is 4.79 Å². The Morgan fingerprint density at radius 2 is 1.81 bits per heavy atom.